The molecule has 0 fully saturated rings. The van der Waals surface area contributed by atoms with E-state index in [-0.39, 0.29) is 47.1 Å². The molecule has 0 spiro atoms. The summed E-state index contributed by atoms with van der Waals surface area (Å²) >= 11 is 0. The van der Waals surface area contributed by atoms with Crippen molar-refractivity contribution in [3.63, 3.8) is 0 Å². The molecule has 0 aromatic carbocycles. The van der Waals surface area contributed by atoms with Gasteiger partial charge in [-0.15, -0.1) is 0 Å². The third kappa shape index (κ3) is 19000. The third-order valence-corrected chi connectivity index (χ3v) is 0. The smallest absolute Gasteiger partial charge is 0.394 e. The zero-order valence-electron chi connectivity index (χ0n) is 5.75. The summed E-state index contributed by atoms with van der Waals surface area (Å²) in [7, 11) is -4.67. The van der Waals surface area contributed by atoms with Crippen LogP contribution in [0.1, 0.15) is 0 Å². The SMILES string of the molecule is N.N.N.N.O.O=S(=O)(O)O.[Cu]. The van der Waals surface area contributed by atoms with Gasteiger partial charge >= 0.3 is 10.4 Å². The number of hydrogen-bond donors (Lipinski definition) is 6. The fraction of sp³-hybridized carbons (Fsp3) is 0. The molecule has 1 radical (unpaired) electrons. The van der Waals surface area contributed by atoms with Crippen LogP contribution in [0.5, 0.6) is 0 Å². The van der Waals surface area contributed by atoms with Gasteiger partial charge in [-0.2, -0.15) is 8.42 Å². The molecule has 0 aromatic rings. The Labute approximate surface area is 75.6 Å². The van der Waals surface area contributed by atoms with E-state index in [4.69, 9.17) is 17.5 Å². The molecule has 11 heteroatoms. The van der Waals surface area contributed by atoms with Gasteiger partial charge in [-0.05, 0) is 0 Å². The molecule has 0 amide bonds. The van der Waals surface area contributed by atoms with E-state index in [1.165, 1.54) is 0 Å². The average molecular weight is 248 g/mol. The van der Waals surface area contributed by atoms with E-state index in [0.29, 0.717) is 0 Å². The molecule has 0 aliphatic carbocycles. The van der Waals surface area contributed by atoms with Gasteiger partial charge in [0, 0.05) is 17.1 Å². The van der Waals surface area contributed by atoms with Gasteiger partial charge in [-0.25, -0.2) is 0 Å². The van der Waals surface area contributed by atoms with Crippen LogP contribution < -0.4 is 24.6 Å². The maximum Gasteiger partial charge on any atom is 0.394 e. The van der Waals surface area contributed by atoms with Gasteiger partial charge in [0.1, 0.15) is 0 Å². The Morgan fingerprint density at radius 1 is 0.818 bits per heavy atom. The minimum Gasteiger partial charge on any atom is -0.412 e. The summed E-state index contributed by atoms with van der Waals surface area (Å²) in [6, 6.07) is 0. The summed E-state index contributed by atoms with van der Waals surface area (Å²) in [5.74, 6) is 0. The molecule has 0 aromatic heterocycles. The van der Waals surface area contributed by atoms with Gasteiger partial charge in [-0.3, -0.25) is 9.11 Å². The van der Waals surface area contributed by atoms with E-state index in [9.17, 15) is 0 Å². The van der Waals surface area contributed by atoms with E-state index >= 15 is 0 Å². The van der Waals surface area contributed by atoms with Crippen LogP contribution in [0.4, 0.5) is 0 Å². The standard InChI is InChI=1S/Cu.4H3N.H2O4S.H2O/c;;;;;1-5(2,3)4;/h;4*1H3;(H2,1,2,3,4);1H2. The van der Waals surface area contributed by atoms with Crippen molar-refractivity contribution in [1.29, 1.82) is 0 Å². The van der Waals surface area contributed by atoms with Crippen molar-refractivity contribution in [3.05, 3.63) is 0 Å². The second kappa shape index (κ2) is 22.5. The second-order valence-electron chi connectivity index (χ2n) is 0.448. The summed E-state index contributed by atoms with van der Waals surface area (Å²) in [4.78, 5) is 0. The minimum atomic E-state index is -4.67. The first kappa shape index (κ1) is 66.2. The second-order valence-corrected chi connectivity index (χ2v) is 1.34. The van der Waals surface area contributed by atoms with Crippen molar-refractivity contribution < 1.29 is 40.1 Å². The monoisotopic (exact) mass is 247 g/mol. The molecule has 0 atom stereocenters. The molecule has 0 aliphatic heterocycles. The number of hydrogen-bond acceptors (Lipinski definition) is 6. The largest absolute Gasteiger partial charge is 0.412 e. The molecule has 16 N–H and O–H groups in total. The molecular weight excluding hydrogens is 232 g/mol. The first-order chi connectivity index (χ1) is 2.00. The molecule has 0 saturated carbocycles. The van der Waals surface area contributed by atoms with Gasteiger partial charge in [0.05, 0.1) is 0 Å². The fourth-order valence-electron chi connectivity index (χ4n) is 0. The maximum absolute atomic E-state index is 8.74. The van der Waals surface area contributed by atoms with Crippen LogP contribution in [0.2, 0.25) is 0 Å². The van der Waals surface area contributed by atoms with Crippen LogP contribution in [-0.2, 0) is 27.5 Å². The topological polar surface area (TPSA) is 246 Å². The van der Waals surface area contributed by atoms with Gasteiger partial charge in [0.2, 0.25) is 0 Å². The van der Waals surface area contributed by atoms with Crippen molar-refractivity contribution in [2.24, 2.45) is 0 Å². The molecule has 0 saturated heterocycles. The van der Waals surface area contributed by atoms with Gasteiger partial charge < -0.3 is 30.1 Å². The van der Waals surface area contributed by atoms with Crippen molar-refractivity contribution >= 4 is 10.4 Å². The van der Waals surface area contributed by atoms with Crippen molar-refractivity contribution in [1.82, 2.24) is 24.6 Å². The molecule has 0 rings (SSSR count). The molecular formula is H16CuN4O5S. The van der Waals surface area contributed by atoms with Crippen molar-refractivity contribution in [2.45, 2.75) is 0 Å². The van der Waals surface area contributed by atoms with E-state index in [2.05, 4.69) is 0 Å². The molecule has 0 heterocycles. The zero-order chi connectivity index (χ0) is 4.50. The van der Waals surface area contributed by atoms with E-state index in [0.717, 1.165) is 0 Å². The Bertz CT molecular complexity index is 102. The number of rotatable bonds is 0. The Morgan fingerprint density at radius 2 is 0.818 bits per heavy atom. The maximum atomic E-state index is 8.74. The van der Waals surface area contributed by atoms with Crippen LogP contribution in [0, 0.1) is 0 Å². The van der Waals surface area contributed by atoms with Crippen LogP contribution in [0.15, 0.2) is 0 Å². The van der Waals surface area contributed by atoms with Crippen LogP contribution in [-0.4, -0.2) is 23.0 Å². The van der Waals surface area contributed by atoms with Crippen LogP contribution in [0.25, 0.3) is 0 Å². The van der Waals surface area contributed by atoms with E-state index in [1.54, 1.807) is 0 Å². The Morgan fingerprint density at radius 3 is 0.818 bits per heavy atom. The molecule has 9 nitrogen and oxygen atoms in total. The normalized spacial score (nSPS) is 5.27. The summed E-state index contributed by atoms with van der Waals surface area (Å²) in [5.41, 5.74) is 0. The van der Waals surface area contributed by atoms with Crippen molar-refractivity contribution in [2.75, 3.05) is 0 Å². The molecule has 11 heavy (non-hydrogen) atoms. The van der Waals surface area contributed by atoms with Crippen LogP contribution >= 0.6 is 0 Å². The molecule has 0 unspecified atom stereocenters. The van der Waals surface area contributed by atoms with Gasteiger partial charge in [0.25, 0.3) is 0 Å². The first-order valence-corrected chi connectivity index (χ1v) is 2.10. The molecule has 83 valence electrons. The van der Waals surface area contributed by atoms with E-state index < -0.39 is 10.4 Å². The van der Waals surface area contributed by atoms with E-state index in [1.807, 2.05) is 0 Å². The Balaban J connectivity index is -0.00000000533. The third-order valence-electron chi connectivity index (χ3n) is 0. The first-order valence-electron chi connectivity index (χ1n) is 0.698. The average Bonchev–Trinajstić information content (AvgIpc) is 0.722. The van der Waals surface area contributed by atoms with Crippen LogP contribution in [0.3, 0.4) is 0 Å². The Hall–Kier alpha value is 0.189. The molecule has 0 bridgehead atoms. The zero-order valence-corrected chi connectivity index (χ0v) is 7.51. The van der Waals surface area contributed by atoms with Gasteiger partial charge in [0.15, 0.2) is 0 Å². The minimum absolute atomic E-state index is 0. The van der Waals surface area contributed by atoms with Crippen molar-refractivity contribution in [3.8, 4) is 0 Å². The fourth-order valence-corrected chi connectivity index (χ4v) is 0. The predicted octanol–water partition coefficient (Wildman–Crippen LogP) is -0.832. The summed E-state index contributed by atoms with van der Waals surface area (Å²) in [6.45, 7) is 0. The van der Waals surface area contributed by atoms with Gasteiger partial charge in [-0.1, -0.05) is 0 Å². The summed E-state index contributed by atoms with van der Waals surface area (Å²) < 4.78 is 31.6. The Kier molecular flexibility index (Phi) is 135. The predicted molar refractivity (Wildman–Crippen MR) is 37.9 cm³/mol. The molecule has 0 aliphatic rings. The summed E-state index contributed by atoms with van der Waals surface area (Å²) in [5, 5.41) is 0. The quantitative estimate of drug-likeness (QED) is 0.232. The summed E-state index contributed by atoms with van der Waals surface area (Å²) in [6.07, 6.45) is 0.